The van der Waals surface area contributed by atoms with Gasteiger partial charge >= 0.3 is 0 Å². The van der Waals surface area contributed by atoms with E-state index in [0.717, 1.165) is 38.2 Å². The molecule has 4 nitrogen and oxygen atoms in total. The van der Waals surface area contributed by atoms with Crippen LogP contribution in [0.25, 0.3) is 0 Å². The third-order valence-corrected chi connectivity index (χ3v) is 4.26. The predicted molar refractivity (Wildman–Crippen MR) is 80.8 cm³/mol. The second kappa shape index (κ2) is 7.20. The van der Waals surface area contributed by atoms with Crippen molar-refractivity contribution >= 4 is 0 Å². The third kappa shape index (κ3) is 4.15. The molecule has 1 heterocycles. The van der Waals surface area contributed by atoms with Gasteiger partial charge in [0, 0.05) is 26.3 Å². The first-order chi connectivity index (χ1) is 10.1. The molecule has 0 spiro atoms. The molecule has 2 N–H and O–H groups in total. The van der Waals surface area contributed by atoms with Crippen LogP contribution in [0.3, 0.4) is 0 Å². The van der Waals surface area contributed by atoms with Gasteiger partial charge in [-0.3, -0.25) is 0 Å². The van der Waals surface area contributed by atoms with E-state index in [4.69, 9.17) is 15.2 Å². The van der Waals surface area contributed by atoms with Gasteiger partial charge in [0.2, 0.25) is 0 Å². The molecule has 0 aliphatic carbocycles. The van der Waals surface area contributed by atoms with Crippen molar-refractivity contribution in [1.82, 2.24) is 4.90 Å². The highest BCUT2D eigenvalue weighted by molar-refractivity contribution is 5.29. The number of benzene rings is 1. The van der Waals surface area contributed by atoms with E-state index < -0.39 is 0 Å². The zero-order chi connectivity index (χ0) is 15.3. The molecule has 118 valence electrons. The van der Waals surface area contributed by atoms with Crippen LogP contribution in [0.1, 0.15) is 18.4 Å². The topological polar surface area (TPSA) is 47.7 Å². The summed E-state index contributed by atoms with van der Waals surface area (Å²) in [6, 6.07) is 5.11. The smallest absolute Gasteiger partial charge is 0.165 e. The zero-order valence-corrected chi connectivity index (χ0v) is 12.9. The van der Waals surface area contributed by atoms with Crippen molar-refractivity contribution in [2.45, 2.75) is 19.4 Å². The molecule has 0 saturated carbocycles. The number of rotatable bonds is 6. The molecule has 0 aromatic heterocycles. The summed E-state index contributed by atoms with van der Waals surface area (Å²) in [6.07, 6.45) is 1.98. The molecule has 5 heteroatoms. The maximum absolute atomic E-state index is 13.7. The number of hydrogen-bond donors (Lipinski definition) is 1. The fraction of sp³-hybridized carbons (Fsp3) is 0.625. The minimum Gasteiger partial charge on any atom is -0.494 e. The van der Waals surface area contributed by atoms with Crippen LogP contribution in [0.2, 0.25) is 0 Å². The van der Waals surface area contributed by atoms with E-state index in [-0.39, 0.29) is 17.0 Å². The lowest BCUT2D eigenvalue weighted by molar-refractivity contribution is 0.00267. The maximum atomic E-state index is 13.7. The number of nitrogens with two attached hydrogens (primary N) is 1. The van der Waals surface area contributed by atoms with E-state index in [1.165, 1.54) is 13.2 Å². The molecule has 21 heavy (non-hydrogen) atoms. The molecule has 1 aromatic carbocycles. The van der Waals surface area contributed by atoms with Gasteiger partial charge in [0.25, 0.3) is 0 Å². The summed E-state index contributed by atoms with van der Waals surface area (Å²) < 4.78 is 24.1. The van der Waals surface area contributed by atoms with Crippen LogP contribution in [0.15, 0.2) is 18.2 Å². The summed E-state index contributed by atoms with van der Waals surface area (Å²) in [6.45, 7) is 3.83. The normalized spacial score (nSPS) is 18.0. The molecule has 0 bridgehead atoms. The number of hydrogen-bond acceptors (Lipinski definition) is 4. The van der Waals surface area contributed by atoms with Crippen LogP contribution in [-0.4, -0.2) is 45.4 Å². The highest BCUT2D eigenvalue weighted by Gasteiger charge is 2.32. The molecular formula is C16H25FN2O2. The number of halogens is 1. The zero-order valence-electron chi connectivity index (χ0n) is 12.9. The van der Waals surface area contributed by atoms with Gasteiger partial charge in [0.05, 0.1) is 7.11 Å². The van der Waals surface area contributed by atoms with Gasteiger partial charge in [-0.15, -0.1) is 0 Å². The average molecular weight is 296 g/mol. The SMILES string of the molecule is COc1ccc(CN(C)CC2(CN)CCOCC2)cc1F. The van der Waals surface area contributed by atoms with E-state index in [2.05, 4.69) is 11.9 Å². The Morgan fingerprint density at radius 2 is 2.10 bits per heavy atom. The lowest BCUT2D eigenvalue weighted by Crippen LogP contribution is -2.44. The van der Waals surface area contributed by atoms with Crippen molar-refractivity contribution in [3.63, 3.8) is 0 Å². The monoisotopic (exact) mass is 296 g/mol. The first-order valence-corrected chi connectivity index (χ1v) is 7.37. The minimum atomic E-state index is -0.317. The second-order valence-electron chi connectivity index (χ2n) is 5.96. The first kappa shape index (κ1) is 16.2. The minimum absolute atomic E-state index is 0.123. The van der Waals surface area contributed by atoms with Crippen molar-refractivity contribution in [2.75, 3.05) is 40.5 Å². The molecular weight excluding hydrogens is 271 g/mol. The summed E-state index contributed by atoms with van der Waals surface area (Å²) in [5, 5.41) is 0. The highest BCUT2D eigenvalue weighted by atomic mass is 19.1. The van der Waals surface area contributed by atoms with E-state index in [1.807, 2.05) is 6.07 Å². The number of ether oxygens (including phenoxy) is 2. The van der Waals surface area contributed by atoms with Gasteiger partial charge in [-0.25, -0.2) is 4.39 Å². The quantitative estimate of drug-likeness (QED) is 0.872. The molecule has 0 radical (unpaired) electrons. The van der Waals surface area contributed by atoms with E-state index >= 15 is 0 Å². The lowest BCUT2D eigenvalue weighted by Gasteiger charge is -2.39. The fourth-order valence-corrected chi connectivity index (χ4v) is 2.98. The summed E-state index contributed by atoms with van der Waals surface area (Å²) in [5.41, 5.74) is 7.05. The van der Waals surface area contributed by atoms with Gasteiger partial charge in [-0.2, -0.15) is 0 Å². The summed E-state index contributed by atoms with van der Waals surface area (Å²) in [4.78, 5) is 2.21. The van der Waals surface area contributed by atoms with Crippen LogP contribution < -0.4 is 10.5 Å². The predicted octanol–water partition coefficient (Wildman–Crippen LogP) is 2.02. The van der Waals surface area contributed by atoms with Gasteiger partial charge < -0.3 is 20.1 Å². The van der Waals surface area contributed by atoms with Crippen molar-refractivity contribution in [2.24, 2.45) is 11.1 Å². The highest BCUT2D eigenvalue weighted by Crippen LogP contribution is 2.30. The largest absolute Gasteiger partial charge is 0.494 e. The summed E-state index contributed by atoms with van der Waals surface area (Å²) >= 11 is 0. The Balaban J connectivity index is 1.97. The standard InChI is InChI=1S/C16H25FN2O2/c1-19(12-16(11-18)5-7-21-8-6-16)10-13-3-4-15(20-2)14(17)9-13/h3-4,9H,5-8,10-12,18H2,1-2H3. The Bertz CT molecular complexity index is 462. The van der Waals surface area contributed by atoms with Crippen molar-refractivity contribution in [3.05, 3.63) is 29.6 Å². The third-order valence-electron chi connectivity index (χ3n) is 4.26. The van der Waals surface area contributed by atoms with Crippen LogP contribution in [0.4, 0.5) is 4.39 Å². The van der Waals surface area contributed by atoms with Crippen LogP contribution in [0, 0.1) is 11.2 Å². The number of methoxy groups -OCH3 is 1. The lowest BCUT2D eigenvalue weighted by atomic mass is 9.80. The van der Waals surface area contributed by atoms with Crippen LogP contribution >= 0.6 is 0 Å². The molecule has 0 unspecified atom stereocenters. The number of nitrogens with zero attached hydrogens (tertiary/aromatic N) is 1. The van der Waals surface area contributed by atoms with Gasteiger partial charge in [0.15, 0.2) is 11.6 Å². The Morgan fingerprint density at radius 3 is 2.67 bits per heavy atom. The van der Waals surface area contributed by atoms with Crippen molar-refractivity contribution in [1.29, 1.82) is 0 Å². The molecule has 1 fully saturated rings. The van der Waals surface area contributed by atoms with E-state index in [9.17, 15) is 4.39 Å². The molecule has 1 aliphatic heterocycles. The summed E-state index contributed by atoms with van der Waals surface area (Å²) in [5.74, 6) is -0.0349. The van der Waals surface area contributed by atoms with E-state index in [1.54, 1.807) is 6.07 Å². The Hall–Kier alpha value is -1.17. The van der Waals surface area contributed by atoms with Gasteiger partial charge in [-0.05, 0) is 49.5 Å². The Kier molecular flexibility index (Phi) is 5.56. The molecule has 0 amide bonds. The Labute approximate surface area is 126 Å². The second-order valence-corrected chi connectivity index (χ2v) is 5.96. The summed E-state index contributed by atoms with van der Waals surface area (Å²) in [7, 11) is 3.52. The van der Waals surface area contributed by atoms with Crippen LogP contribution in [0.5, 0.6) is 5.75 Å². The molecule has 1 aromatic rings. The van der Waals surface area contributed by atoms with Crippen molar-refractivity contribution in [3.8, 4) is 5.75 Å². The fourth-order valence-electron chi connectivity index (χ4n) is 2.98. The molecule has 1 aliphatic rings. The van der Waals surface area contributed by atoms with Crippen LogP contribution in [-0.2, 0) is 11.3 Å². The first-order valence-electron chi connectivity index (χ1n) is 7.37. The molecule has 0 atom stereocenters. The van der Waals surface area contributed by atoms with Gasteiger partial charge in [0.1, 0.15) is 0 Å². The Morgan fingerprint density at radius 1 is 1.38 bits per heavy atom. The molecule has 2 rings (SSSR count). The van der Waals surface area contributed by atoms with E-state index in [0.29, 0.717) is 13.1 Å². The average Bonchev–Trinajstić information content (AvgIpc) is 2.48. The van der Waals surface area contributed by atoms with Crippen molar-refractivity contribution < 1.29 is 13.9 Å². The molecule has 1 saturated heterocycles. The van der Waals surface area contributed by atoms with Gasteiger partial charge in [-0.1, -0.05) is 6.07 Å². The maximum Gasteiger partial charge on any atom is 0.165 e.